The van der Waals surface area contributed by atoms with E-state index >= 15 is 0 Å². The van der Waals surface area contributed by atoms with Gasteiger partial charge in [-0.1, -0.05) is 0 Å². The minimum atomic E-state index is 0.0469. The molecular formula is C10H14N4OS. The quantitative estimate of drug-likeness (QED) is 0.806. The lowest BCUT2D eigenvalue weighted by Gasteiger charge is -2.02. The average molecular weight is 238 g/mol. The number of hydrogen-bond donors (Lipinski definition) is 2. The number of hydrogen-bond acceptors (Lipinski definition) is 5. The van der Waals surface area contributed by atoms with E-state index in [2.05, 4.69) is 20.0 Å². The van der Waals surface area contributed by atoms with Crippen molar-refractivity contribution in [2.75, 3.05) is 11.9 Å². The van der Waals surface area contributed by atoms with Crippen LogP contribution in [0, 0.1) is 0 Å². The Morgan fingerprint density at radius 2 is 2.19 bits per heavy atom. The highest BCUT2D eigenvalue weighted by molar-refractivity contribution is 7.09. The summed E-state index contributed by atoms with van der Waals surface area (Å²) < 4.78 is 4.27. The monoisotopic (exact) mass is 238 g/mol. The first-order valence-corrected chi connectivity index (χ1v) is 6.45. The van der Waals surface area contributed by atoms with Crippen molar-refractivity contribution >= 4 is 22.6 Å². The number of rotatable bonds is 5. The second-order valence-electron chi connectivity index (χ2n) is 4.43. The van der Waals surface area contributed by atoms with Crippen LogP contribution in [0.4, 0.5) is 5.13 Å². The molecule has 2 fully saturated rings. The van der Waals surface area contributed by atoms with Gasteiger partial charge in [0, 0.05) is 23.5 Å². The van der Waals surface area contributed by atoms with E-state index in [1.54, 1.807) is 0 Å². The molecule has 86 valence electrons. The molecule has 0 spiro atoms. The molecule has 5 nitrogen and oxygen atoms in total. The number of amides is 1. The molecule has 1 aromatic heterocycles. The maximum absolute atomic E-state index is 11.4. The SMILES string of the molecule is O=C(CNc1nc(C2CC2)ns1)NC1CC1. The average Bonchev–Trinajstić information content (AvgIpc) is 3.18. The van der Waals surface area contributed by atoms with Crippen molar-refractivity contribution in [3.63, 3.8) is 0 Å². The van der Waals surface area contributed by atoms with Gasteiger partial charge in [0.25, 0.3) is 0 Å². The Bertz CT molecular complexity index is 397. The third-order valence-electron chi connectivity index (χ3n) is 2.73. The van der Waals surface area contributed by atoms with Gasteiger partial charge in [0.1, 0.15) is 5.82 Å². The van der Waals surface area contributed by atoms with Gasteiger partial charge >= 0.3 is 0 Å². The number of nitrogens with zero attached hydrogens (tertiary/aromatic N) is 2. The van der Waals surface area contributed by atoms with Crippen molar-refractivity contribution in [2.45, 2.75) is 37.6 Å². The standard InChI is InChI=1S/C10H14N4OS/c15-8(12-7-3-4-7)5-11-10-13-9(14-16-10)6-1-2-6/h6-7H,1-5H2,(H,12,15)(H,11,13,14). The molecule has 6 heteroatoms. The Morgan fingerprint density at radius 3 is 2.88 bits per heavy atom. The summed E-state index contributed by atoms with van der Waals surface area (Å²) in [5, 5.41) is 6.69. The summed E-state index contributed by atoms with van der Waals surface area (Å²) in [5.41, 5.74) is 0. The predicted molar refractivity (Wildman–Crippen MR) is 61.5 cm³/mol. The molecule has 0 radical (unpaired) electrons. The van der Waals surface area contributed by atoms with Crippen molar-refractivity contribution in [3.05, 3.63) is 5.82 Å². The number of carbonyl (C=O) groups is 1. The third kappa shape index (κ3) is 2.49. The van der Waals surface area contributed by atoms with Crippen LogP contribution in [0.1, 0.15) is 37.4 Å². The van der Waals surface area contributed by atoms with Gasteiger partial charge in [-0.15, -0.1) is 0 Å². The Labute approximate surface area is 97.8 Å². The predicted octanol–water partition coefficient (Wildman–Crippen LogP) is 1.11. The summed E-state index contributed by atoms with van der Waals surface area (Å²) in [6.45, 7) is 0.301. The lowest BCUT2D eigenvalue weighted by Crippen LogP contribution is -2.31. The van der Waals surface area contributed by atoms with Crippen LogP contribution in [0.25, 0.3) is 0 Å². The van der Waals surface area contributed by atoms with Crippen LogP contribution in [0.5, 0.6) is 0 Å². The number of carbonyl (C=O) groups excluding carboxylic acids is 1. The van der Waals surface area contributed by atoms with E-state index in [1.807, 2.05) is 0 Å². The number of anilines is 1. The zero-order valence-electron chi connectivity index (χ0n) is 8.90. The highest BCUT2D eigenvalue weighted by Gasteiger charge is 2.28. The maximum Gasteiger partial charge on any atom is 0.239 e. The molecule has 1 aromatic rings. The van der Waals surface area contributed by atoms with Gasteiger partial charge < -0.3 is 10.6 Å². The van der Waals surface area contributed by atoms with Gasteiger partial charge in [-0.25, -0.2) is 4.98 Å². The summed E-state index contributed by atoms with van der Waals surface area (Å²) in [5.74, 6) is 1.56. The van der Waals surface area contributed by atoms with Crippen molar-refractivity contribution in [1.29, 1.82) is 0 Å². The van der Waals surface area contributed by atoms with Crippen LogP contribution in [-0.2, 0) is 4.79 Å². The van der Waals surface area contributed by atoms with Crippen LogP contribution in [-0.4, -0.2) is 27.9 Å². The van der Waals surface area contributed by atoms with E-state index in [0.717, 1.165) is 23.8 Å². The molecule has 2 N–H and O–H groups in total. The normalized spacial score (nSPS) is 19.5. The molecule has 0 saturated heterocycles. The first-order valence-electron chi connectivity index (χ1n) is 5.68. The molecular weight excluding hydrogens is 224 g/mol. The first kappa shape index (κ1) is 10.0. The van der Waals surface area contributed by atoms with E-state index < -0.39 is 0 Å². The van der Waals surface area contributed by atoms with Crippen LogP contribution in [0.15, 0.2) is 0 Å². The fourth-order valence-corrected chi connectivity index (χ4v) is 2.12. The molecule has 0 bridgehead atoms. The molecule has 0 unspecified atom stereocenters. The van der Waals surface area contributed by atoms with Gasteiger partial charge in [0.15, 0.2) is 0 Å². The molecule has 3 rings (SSSR count). The van der Waals surface area contributed by atoms with E-state index in [-0.39, 0.29) is 5.91 Å². The second kappa shape index (κ2) is 4.01. The fraction of sp³-hybridized carbons (Fsp3) is 0.700. The van der Waals surface area contributed by atoms with Gasteiger partial charge in [0.2, 0.25) is 11.0 Å². The van der Waals surface area contributed by atoms with Crippen molar-refractivity contribution in [1.82, 2.24) is 14.7 Å². The summed E-state index contributed by atoms with van der Waals surface area (Å²) in [6.07, 6.45) is 4.66. The van der Waals surface area contributed by atoms with Gasteiger partial charge in [-0.3, -0.25) is 4.79 Å². The Balaban J connectivity index is 1.47. The second-order valence-corrected chi connectivity index (χ2v) is 5.18. The van der Waals surface area contributed by atoms with Crippen LogP contribution in [0.3, 0.4) is 0 Å². The third-order valence-corrected chi connectivity index (χ3v) is 3.41. The van der Waals surface area contributed by atoms with Crippen molar-refractivity contribution in [2.24, 2.45) is 0 Å². The smallest absolute Gasteiger partial charge is 0.239 e. The molecule has 0 aromatic carbocycles. The van der Waals surface area contributed by atoms with Crippen LogP contribution >= 0.6 is 11.5 Å². The van der Waals surface area contributed by atoms with Crippen LogP contribution in [0.2, 0.25) is 0 Å². The molecule has 2 aliphatic carbocycles. The topological polar surface area (TPSA) is 66.9 Å². The fourth-order valence-electron chi connectivity index (χ4n) is 1.48. The molecule has 0 atom stereocenters. The molecule has 1 heterocycles. The van der Waals surface area contributed by atoms with Gasteiger partial charge in [0.05, 0.1) is 6.54 Å². The van der Waals surface area contributed by atoms with Gasteiger partial charge in [-0.2, -0.15) is 4.37 Å². The highest BCUT2D eigenvalue weighted by Crippen LogP contribution is 2.39. The zero-order valence-corrected chi connectivity index (χ0v) is 9.72. The summed E-state index contributed by atoms with van der Waals surface area (Å²) in [7, 11) is 0. The number of aromatic nitrogens is 2. The molecule has 1 amide bonds. The minimum absolute atomic E-state index is 0.0469. The van der Waals surface area contributed by atoms with Crippen molar-refractivity contribution < 1.29 is 4.79 Å². The summed E-state index contributed by atoms with van der Waals surface area (Å²) >= 11 is 1.34. The molecule has 2 saturated carbocycles. The van der Waals surface area contributed by atoms with E-state index in [1.165, 1.54) is 24.4 Å². The molecule has 2 aliphatic rings. The largest absolute Gasteiger partial charge is 0.352 e. The molecule has 16 heavy (non-hydrogen) atoms. The lowest BCUT2D eigenvalue weighted by atomic mass is 10.4. The Kier molecular flexibility index (Phi) is 2.51. The highest BCUT2D eigenvalue weighted by atomic mass is 32.1. The minimum Gasteiger partial charge on any atom is -0.352 e. The van der Waals surface area contributed by atoms with E-state index in [4.69, 9.17) is 0 Å². The summed E-state index contributed by atoms with van der Waals surface area (Å²) in [6, 6.07) is 0.422. The molecule has 0 aliphatic heterocycles. The maximum atomic E-state index is 11.4. The summed E-state index contributed by atoms with van der Waals surface area (Å²) in [4.78, 5) is 15.8. The Hall–Kier alpha value is -1.17. The van der Waals surface area contributed by atoms with Crippen molar-refractivity contribution in [3.8, 4) is 0 Å². The van der Waals surface area contributed by atoms with Crippen LogP contribution < -0.4 is 10.6 Å². The first-order chi connectivity index (χ1) is 7.81. The zero-order chi connectivity index (χ0) is 11.0. The van der Waals surface area contributed by atoms with Gasteiger partial charge in [-0.05, 0) is 25.7 Å². The van der Waals surface area contributed by atoms with E-state index in [0.29, 0.717) is 18.5 Å². The van der Waals surface area contributed by atoms with E-state index in [9.17, 15) is 4.79 Å². The number of nitrogens with one attached hydrogen (secondary N) is 2. The Morgan fingerprint density at radius 1 is 1.38 bits per heavy atom. The lowest BCUT2D eigenvalue weighted by molar-refractivity contribution is -0.119.